The molecular weight excluding hydrogens is 692 g/mol. The Bertz CT molecular complexity index is 2020. The van der Waals surface area contributed by atoms with Crippen LogP contribution in [0.1, 0.15) is 36.9 Å². The molecular formula is C36H35F6N7O3. The summed E-state index contributed by atoms with van der Waals surface area (Å²) in [6.45, 7) is 1.22. The van der Waals surface area contributed by atoms with Crippen molar-refractivity contribution in [2.24, 2.45) is 0 Å². The van der Waals surface area contributed by atoms with Crippen molar-refractivity contribution in [1.82, 2.24) is 29.7 Å². The van der Waals surface area contributed by atoms with E-state index in [1.165, 1.54) is 30.3 Å². The van der Waals surface area contributed by atoms with Gasteiger partial charge in [0.15, 0.2) is 11.6 Å². The number of carbonyl (C=O) groups is 1. The average Bonchev–Trinajstić information content (AvgIpc) is 3.85. The minimum atomic E-state index is -4.82. The molecule has 10 nitrogen and oxygen atoms in total. The van der Waals surface area contributed by atoms with Gasteiger partial charge in [-0.1, -0.05) is 24.3 Å². The summed E-state index contributed by atoms with van der Waals surface area (Å²) < 4.78 is 100. The molecule has 3 aromatic heterocycles. The van der Waals surface area contributed by atoms with Gasteiger partial charge in [-0.3, -0.25) is 14.7 Å². The second-order valence-electron chi connectivity index (χ2n) is 13.3. The van der Waals surface area contributed by atoms with Crippen LogP contribution in [0.25, 0.3) is 28.2 Å². The Morgan fingerprint density at radius 1 is 1.10 bits per heavy atom. The van der Waals surface area contributed by atoms with E-state index in [9.17, 15) is 22.4 Å². The fourth-order valence-corrected chi connectivity index (χ4v) is 7.55. The van der Waals surface area contributed by atoms with Crippen molar-refractivity contribution < 1.29 is 40.6 Å². The summed E-state index contributed by atoms with van der Waals surface area (Å²) in [5.74, 6) is -3.17. The lowest BCUT2D eigenvalue weighted by atomic mass is 9.95. The van der Waals surface area contributed by atoms with Crippen molar-refractivity contribution in [2.45, 2.75) is 49.6 Å². The maximum atomic E-state index is 16.7. The molecule has 0 radical (unpaired) electrons. The lowest BCUT2D eigenvalue weighted by Crippen LogP contribution is -2.43. The number of hydrogen-bond donors (Lipinski definition) is 0. The van der Waals surface area contributed by atoms with E-state index < -0.39 is 63.8 Å². The van der Waals surface area contributed by atoms with Crippen LogP contribution >= 0.6 is 0 Å². The number of fused-ring (bicyclic) bond motifs is 2. The van der Waals surface area contributed by atoms with Crippen LogP contribution in [-0.2, 0) is 11.0 Å². The third kappa shape index (κ3) is 6.59. The molecule has 4 aromatic rings. The van der Waals surface area contributed by atoms with Crippen LogP contribution in [-0.4, -0.2) is 100 Å². The molecule has 3 aliphatic heterocycles. The highest BCUT2D eigenvalue weighted by Crippen LogP contribution is 2.44. The van der Waals surface area contributed by atoms with Crippen molar-refractivity contribution in [1.29, 1.82) is 0 Å². The summed E-state index contributed by atoms with van der Waals surface area (Å²) in [7, 11) is 2.87. The molecule has 52 heavy (non-hydrogen) atoms. The monoisotopic (exact) mass is 727 g/mol. The zero-order valence-corrected chi connectivity index (χ0v) is 28.3. The summed E-state index contributed by atoms with van der Waals surface area (Å²) >= 11 is 0. The van der Waals surface area contributed by atoms with E-state index in [2.05, 4.69) is 19.9 Å². The quantitative estimate of drug-likeness (QED) is 0.146. The fourth-order valence-electron chi connectivity index (χ4n) is 7.55. The number of pyridine rings is 2. The Morgan fingerprint density at radius 3 is 2.63 bits per heavy atom. The number of likely N-dealkylation sites (N-methyl/N-ethyl adjacent to an activating group) is 1. The smallest absolute Gasteiger partial charge is 0.417 e. The maximum Gasteiger partial charge on any atom is 0.417 e. The van der Waals surface area contributed by atoms with Crippen molar-refractivity contribution in [3.8, 4) is 23.1 Å². The maximum absolute atomic E-state index is 16.7. The second-order valence-corrected chi connectivity index (χ2v) is 13.3. The minimum Gasteiger partial charge on any atom is -0.480 e. The van der Waals surface area contributed by atoms with Crippen LogP contribution in [0.3, 0.4) is 0 Å². The van der Waals surface area contributed by atoms with Gasteiger partial charge >= 0.3 is 12.2 Å². The summed E-state index contributed by atoms with van der Waals surface area (Å²) in [5.41, 5.74) is -2.99. The number of carbonyl (C=O) groups excluding carboxylic acids is 1. The van der Waals surface area contributed by atoms with Gasteiger partial charge in [0.05, 0.1) is 23.9 Å². The van der Waals surface area contributed by atoms with Crippen molar-refractivity contribution >= 4 is 28.7 Å². The minimum absolute atomic E-state index is 0.00325. The first-order valence-electron chi connectivity index (χ1n) is 16.8. The molecule has 16 heteroatoms. The van der Waals surface area contributed by atoms with E-state index in [1.807, 2.05) is 4.90 Å². The molecule has 3 aliphatic rings. The topological polar surface area (TPSA) is 96.8 Å². The van der Waals surface area contributed by atoms with Gasteiger partial charge in [-0.05, 0) is 44.0 Å². The van der Waals surface area contributed by atoms with Crippen LogP contribution in [0.4, 0.5) is 32.2 Å². The number of aromatic nitrogens is 4. The van der Waals surface area contributed by atoms with Crippen LogP contribution in [0.5, 0.6) is 11.9 Å². The zero-order chi connectivity index (χ0) is 36.8. The number of likely N-dealkylation sites (tertiary alicyclic amines) is 1. The van der Waals surface area contributed by atoms with Gasteiger partial charge in [-0.2, -0.15) is 23.1 Å². The zero-order valence-electron chi connectivity index (χ0n) is 28.3. The standard InChI is InChI=1S/C36H35F6N7O3/c1-47(23-11-15-48(19-23)33(50)26(38)16-22-8-5-6-13-43-22)31-27-30(45-34(46-31)52-20-35-12-7-14-49(35)18-21(37)17-35)28(39)29(44-32(27)51-2)24-9-3-4-10-25(24)36(40,41)42/h3-6,8-10,13,16,21,23H,7,11-12,14-15,17-20H2,1-2H3/b26-16-/t21-,23-,35+/m1/s1. The highest BCUT2D eigenvalue weighted by atomic mass is 19.4. The third-order valence-electron chi connectivity index (χ3n) is 10.1. The number of hydrogen-bond acceptors (Lipinski definition) is 9. The number of amides is 1. The Balaban J connectivity index is 1.28. The van der Waals surface area contributed by atoms with Crippen LogP contribution in [0.15, 0.2) is 54.5 Å². The number of anilines is 1. The molecule has 3 saturated heterocycles. The van der Waals surface area contributed by atoms with Gasteiger partial charge in [-0.25, -0.2) is 18.2 Å². The summed E-state index contributed by atoms with van der Waals surface area (Å²) in [6.07, 6.45) is -1.20. The third-order valence-corrected chi connectivity index (χ3v) is 10.1. The van der Waals surface area contributed by atoms with Crippen LogP contribution < -0.4 is 14.4 Å². The molecule has 274 valence electrons. The first-order valence-corrected chi connectivity index (χ1v) is 16.8. The number of halogens is 6. The number of benzene rings is 1. The van der Waals surface area contributed by atoms with Gasteiger partial charge < -0.3 is 19.3 Å². The molecule has 0 aliphatic carbocycles. The number of nitrogens with zero attached hydrogens (tertiary/aromatic N) is 7. The summed E-state index contributed by atoms with van der Waals surface area (Å²) in [5, 5.41) is -0.0422. The molecule has 1 amide bonds. The Kier molecular flexibility index (Phi) is 9.44. The molecule has 0 spiro atoms. The van der Waals surface area contributed by atoms with E-state index in [-0.39, 0.29) is 61.5 Å². The van der Waals surface area contributed by atoms with E-state index >= 15 is 8.78 Å². The molecule has 7 rings (SSSR count). The van der Waals surface area contributed by atoms with Gasteiger partial charge in [0.25, 0.3) is 5.91 Å². The molecule has 6 heterocycles. The summed E-state index contributed by atoms with van der Waals surface area (Å²) in [4.78, 5) is 35.3. The fraction of sp³-hybridized carbons (Fsp3) is 0.417. The van der Waals surface area contributed by atoms with Crippen LogP contribution in [0, 0.1) is 5.82 Å². The van der Waals surface area contributed by atoms with Gasteiger partial charge in [0.1, 0.15) is 35.2 Å². The van der Waals surface area contributed by atoms with E-state index in [0.29, 0.717) is 19.4 Å². The normalized spacial score (nSPS) is 22.2. The molecule has 0 N–H and O–H groups in total. The van der Waals surface area contributed by atoms with Gasteiger partial charge in [0, 0.05) is 57.0 Å². The Labute approximate surface area is 295 Å². The largest absolute Gasteiger partial charge is 0.480 e. The molecule has 3 fully saturated rings. The first-order chi connectivity index (χ1) is 24.9. The second kappa shape index (κ2) is 13.9. The van der Waals surface area contributed by atoms with Gasteiger partial charge in [-0.15, -0.1) is 0 Å². The predicted octanol–water partition coefficient (Wildman–Crippen LogP) is 6.26. The Morgan fingerprint density at radius 2 is 1.88 bits per heavy atom. The SMILES string of the molecule is COc1nc(-c2ccccc2C(F)(F)F)c(F)c2nc(OC[C@@]34CCCN3C[C@H](F)C4)nc(N(C)[C@@H]3CCN(C(=O)/C(F)=C/c4ccccn4)C3)c12. The Hall–Kier alpha value is -4.99. The molecule has 1 aromatic carbocycles. The predicted molar refractivity (Wildman–Crippen MR) is 180 cm³/mol. The number of methoxy groups -OCH3 is 1. The van der Waals surface area contributed by atoms with Crippen molar-refractivity contribution in [3.63, 3.8) is 0 Å². The lowest BCUT2D eigenvalue weighted by molar-refractivity contribution is -0.137. The van der Waals surface area contributed by atoms with Crippen molar-refractivity contribution in [2.75, 3.05) is 51.8 Å². The highest BCUT2D eigenvalue weighted by Gasteiger charge is 2.49. The number of rotatable bonds is 9. The number of ether oxygens (including phenoxy) is 2. The van der Waals surface area contributed by atoms with Crippen molar-refractivity contribution in [3.05, 3.63) is 71.6 Å². The van der Waals surface area contributed by atoms with E-state index in [4.69, 9.17) is 9.47 Å². The summed E-state index contributed by atoms with van der Waals surface area (Å²) in [6, 6.07) is 8.61. The van der Waals surface area contributed by atoms with Crippen LogP contribution in [0.2, 0.25) is 0 Å². The first kappa shape index (κ1) is 35.4. The van der Waals surface area contributed by atoms with Gasteiger partial charge in [0.2, 0.25) is 5.88 Å². The average molecular weight is 728 g/mol. The molecule has 0 saturated carbocycles. The lowest BCUT2D eigenvalue weighted by Gasteiger charge is -2.31. The highest BCUT2D eigenvalue weighted by molar-refractivity contribution is 5.97. The van der Waals surface area contributed by atoms with E-state index in [1.54, 1.807) is 30.1 Å². The number of alkyl halides is 4. The molecule has 0 bridgehead atoms. The molecule has 3 atom stereocenters. The van der Waals surface area contributed by atoms with E-state index in [0.717, 1.165) is 24.6 Å². The molecule has 0 unspecified atom stereocenters.